The molecule has 3 rings (SSSR count). The number of amides is 1. The second-order valence-corrected chi connectivity index (χ2v) is 6.22. The van der Waals surface area contributed by atoms with Crippen molar-refractivity contribution in [1.82, 2.24) is 0 Å². The fourth-order valence-electron chi connectivity index (χ4n) is 2.47. The first-order valence-electron chi connectivity index (χ1n) is 8.18. The van der Waals surface area contributed by atoms with E-state index in [0.717, 1.165) is 28.4 Å². The lowest BCUT2D eigenvalue weighted by Gasteiger charge is -2.09. The number of carbonyl (C=O) groups excluding carboxylic acids is 1. The molecule has 0 fully saturated rings. The number of rotatable bonds is 6. The molecule has 0 aliphatic heterocycles. The van der Waals surface area contributed by atoms with E-state index in [9.17, 15) is 4.79 Å². The van der Waals surface area contributed by atoms with Crippen LogP contribution in [0.25, 0.3) is 0 Å². The SMILES string of the molecule is COc1ccc(CC(=O)Nc2ccc(Nc3ccc(Cl)cc3)cc2)cc1. The molecular weight excluding hydrogens is 348 g/mol. The highest BCUT2D eigenvalue weighted by molar-refractivity contribution is 6.30. The van der Waals surface area contributed by atoms with Gasteiger partial charge in [0.1, 0.15) is 5.75 Å². The number of anilines is 3. The van der Waals surface area contributed by atoms with Crippen molar-refractivity contribution >= 4 is 34.6 Å². The van der Waals surface area contributed by atoms with Crippen LogP contribution in [0, 0.1) is 0 Å². The van der Waals surface area contributed by atoms with Crippen molar-refractivity contribution < 1.29 is 9.53 Å². The van der Waals surface area contributed by atoms with Gasteiger partial charge in [0.25, 0.3) is 0 Å². The van der Waals surface area contributed by atoms with Gasteiger partial charge in [-0.1, -0.05) is 23.7 Å². The first kappa shape index (κ1) is 17.8. The van der Waals surface area contributed by atoms with Gasteiger partial charge in [-0.15, -0.1) is 0 Å². The number of ether oxygens (including phenoxy) is 1. The second-order valence-electron chi connectivity index (χ2n) is 5.78. The van der Waals surface area contributed by atoms with Gasteiger partial charge >= 0.3 is 0 Å². The molecule has 3 aromatic carbocycles. The molecule has 2 N–H and O–H groups in total. The van der Waals surface area contributed by atoms with Gasteiger partial charge in [-0.3, -0.25) is 4.79 Å². The minimum absolute atomic E-state index is 0.0615. The molecule has 4 nitrogen and oxygen atoms in total. The summed E-state index contributed by atoms with van der Waals surface area (Å²) in [6.07, 6.45) is 0.314. The van der Waals surface area contributed by atoms with Crippen LogP contribution in [0.15, 0.2) is 72.8 Å². The summed E-state index contributed by atoms with van der Waals surface area (Å²) < 4.78 is 5.12. The topological polar surface area (TPSA) is 50.4 Å². The number of methoxy groups -OCH3 is 1. The van der Waals surface area contributed by atoms with Gasteiger partial charge in [0.15, 0.2) is 0 Å². The minimum Gasteiger partial charge on any atom is -0.497 e. The molecule has 0 bridgehead atoms. The molecule has 0 atom stereocenters. The minimum atomic E-state index is -0.0615. The van der Waals surface area contributed by atoms with Crippen LogP contribution >= 0.6 is 11.6 Å². The summed E-state index contributed by atoms with van der Waals surface area (Å²) in [7, 11) is 1.62. The summed E-state index contributed by atoms with van der Waals surface area (Å²) in [6.45, 7) is 0. The monoisotopic (exact) mass is 366 g/mol. The summed E-state index contributed by atoms with van der Waals surface area (Å²) in [6, 6.07) is 22.5. The molecule has 5 heteroatoms. The van der Waals surface area contributed by atoms with Gasteiger partial charge in [0.05, 0.1) is 13.5 Å². The highest BCUT2D eigenvalue weighted by Crippen LogP contribution is 2.21. The lowest BCUT2D eigenvalue weighted by Crippen LogP contribution is -2.14. The smallest absolute Gasteiger partial charge is 0.228 e. The van der Waals surface area contributed by atoms with Crippen LogP contribution in [0.4, 0.5) is 17.1 Å². The zero-order valence-corrected chi connectivity index (χ0v) is 15.1. The van der Waals surface area contributed by atoms with Crippen LogP contribution in [0.2, 0.25) is 5.02 Å². The summed E-state index contributed by atoms with van der Waals surface area (Å²) in [5, 5.41) is 6.88. The van der Waals surface area contributed by atoms with E-state index in [1.165, 1.54) is 0 Å². The van der Waals surface area contributed by atoms with Crippen LogP contribution in [-0.4, -0.2) is 13.0 Å². The summed E-state index contributed by atoms with van der Waals surface area (Å²) in [5.74, 6) is 0.714. The highest BCUT2D eigenvalue weighted by Gasteiger charge is 2.05. The van der Waals surface area contributed by atoms with E-state index in [-0.39, 0.29) is 5.91 Å². The van der Waals surface area contributed by atoms with Crippen molar-refractivity contribution in [3.8, 4) is 5.75 Å². The van der Waals surface area contributed by atoms with E-state index in [2.05, 4.69) is 10.6 Å². The van der Waals surface area contributed by atoms with Crippen LogP contribution < -0.4 is 15.4 Å². The molecule has 0 aliphatic carbocycles. The fraction of sp³-hybridized carbons (Fsp3) is 0.0952. The lowest BCUT2D eigenvalue weighted by atomic mass is 10.1. The van der Waals surface area contributed by atoms with Crippen LogP contribution in [0.5, 0.6) is 5.75 Å². The second kappa shape index (κ2) is 8.41. The van der Waals surface area contributed by atoms with Crippen molar-refractivity contribution in [3.63, 3.8) is 0 Å². The van der Waals surface area contributed by atoms with E-state index in [1.54, 1.807) is 7.11 Å². The van der Waals surface area contributed by atoms with Gasteiger partial charge < -0.3 is 15.4 Å². The molecule has 0 radical (unpaired) electrons. The Morgan fingerprint density at radius 1 is 0.846 bits per heavy atom. The Bertz CT molecular complexity index is 860. The van der Waals surface area contributed by atoms with Crippen molar-refractivity contribution in [3.05, 3.63) is 83.4 Å². The van der Waals surface area contributed by atoms with Crippen LogP contribution in [0.3, 0.4) is 0 Å². The van der Waals surface area contributed by atoms with Gasteiger partial charge in [-0.2, -0.15) is 0 Å². The van der Waals surface area contributed by atoms with Crippen molar-refractivity contribution in [2.24, 2.45) is 0 Å². The lowest BCUT2D eigenvalue weighted by molar-refractivity contribution is -0.115. The largest absolute Gasteiger partial charge is 0.497 e. The third-order valence-electron chi connectivity index (χ3n) is 3.83. The molecule has 132 valence electrons. The van der Waals surface area contributed by atoms with E-state index in [1.807, 2.05) is 72.8 Å². The molecule has 0 spiro atoms. The number of nitrogens with one attached hydrogen (secondary N) is 2. The number of carbonyl (C=O) groups is 1. The Labute approximate surface area is 157 Å². The Morgan fingerprint density at radius 2 is 1.38 bits per heavy atom. The maximum Gasteiger partial charge on any atom is 0.228 e. The first-order chi connectivity index (χ1) is 12.6. The summed E-state index contributed by atoms with van der Waals surface area (Å²) in [5.41, 5.74) is 3.57. The standard InChI is InChI=1S/C21H19ClN2O2/c1-26-20-12-2-15(3-13-20)14-21(25)24-19-10-8-18(9-11-19)23-17-6-4-16(22)5-7-17/h2-13,23H,14H2,1H3,(H,24,25). The average molecular weight is 367 g/mol. The highest BCUT2D eigenvalue weighted by atomic mass is 35.5. The summed E-state index contributed by atoms with van der Waals surface area (Å²) in [4.78, 5) is 12.2. The normalized spacial score (nSPS) is 10.2. The summed E-state index contributed by atoms with van der Waals surface area (Å²) >= 11 is 5.88. The first-order valence-corrected chi connectivity index (χ1v) is 8.55. The fourth-order valence-corrected chi connectivity index (χ4v) is 2.60. The number of hydrogen-bond acceptors (Lipinski definition) is 3. The molecule has 0 aliphatic rings. The molecule has 0 unspecified atom stereocenters. The average Bonchev–Trinajstić information content (AvgIpc) is 2.66. The molecular formula is C21H19ClN2O2. The maximum atomic E-state index is 12.2. The van der Waals surface area contributed by atoms with Crippen molar-refractivity contribution in [2.75, 3.05) is 17.7 Å². The third-order valence-corrected chi connectivity index (χ3v) is 4.08. The van der Waals surface area contributed by atoms with E-state index in [4.69, 9.17) is 16.3 Å². The zero-order chi connectivity index (χ0) is 18.4. The van der Waals surface area contributed by atoms with Gasteiger partial charge in [0, 0.05) is 22.1 Å². The maximum absolute atomic E-state index is 12.2. The van der Waals surface area contributed by atoms with Crippen LogP contribution in [0.1, 0.15) is 5.56 Å². The Hall–Kier alpha value is -2.98. The molecule has 1 amide bonds. The number of hydrogen-bond donors (Lipinski definition) is 2. The molecule has 0 saturated carbocycles. The van der Waals surface area contributed by atoms with Crippen molar-refractivity contribution in [1.29, 1.82) is 0 Å². The number of benzene rings is 3. The Balaban J connectivity index is 1.56. The molecule has 0 aromatic heterocycles. The van der Waals surface area contributed by atoms with Crippen LogP contribution in [-0.2, 0) is 11.2 Å². The van der Waals surface area contributed by atoms with Gasteiger partial charge in [0.2, 0.25) is 5.91 Å². The van der Waals surface area contributed by atoms with Crippen molar-refractivity contribution in [2.45, 2.75) is 6.42 Å². The van der Waals surface area contributed by atoms with E-state index >= 15 is 0 Å². The third kappa shape index (κ3) is 5.01. The van der Waals surface area contributed by atoms with E-state index in [0.29, 0.717) is 11.4 Å². The van der Waals surface area contributed by atoms with Gasteiger partial charge in [-0.25, -0.2) is 0 Å². The quantitative estimate of drug-likeness (QED) is 0.624. The van der Waals surface area contributed by atoms with E-state index < -0.39 is 0 Å². The predicted molar refractivity (Wildman–Crippen MR) is 107 cm³/mol. The molecule has 0 saturated heterocycles. The Morgan fingerprint density at radius 3 is 1.96 bits per heavy atom. The number of halogens is 1. The molecule has 3 aromatic rings. The zero-order valence-electron chi connectivity index (χ0n) is 14.3. The molecule has 0 heterocycles. The van der Waals surface area contributed by atoms with Gasteiger partial charge in [-0.05, 0) is 66.2 Å². The Kier molecular flexibility index (Phi) is 5.77. The molecule has 26 heavy (non-hydrogen) atoms. The predicted octanol–water partition coefficient (Wildman–Crippen LogP) is 5.27.